The lowest BCUT2D eigenvalue weighted by Crippen LogP contribution is -2.18. The molecule has 1 aromatic rings. The fourth-order valence-electron chi connectivity index (χ4n) is 2.01. The Balaban J connectivity index is 3.65. The minimum absolute atomic E-state index is 0.0573. The number of ether oxygens (including phenoxy) is 1. The van der Waals surface area contributed by atoms with E-state index in [0.717, 1.165) is 0 Å². The van der Waals surface area contributed by atoms with E-state index >= 15 is 0 Å². The van der Waals surface area contributed by atoms with E-state index in [1.165, 1.54) is 0 Å². The van der Waals surface area contributed by atoms with Crippen molar-refractivity contribution in [1.29, 1.82) is 0 Å². The molecule has 0 aliphatic carbocycles. The van der Waals surface area contributed by atoms with E-state index in [1.54, 1.807) is 25.5 Å². The van der Waals surface area contributed by atoms with Crippen LogP contribution in [0.4, 0.5) is 0 Å². The molecule has 0 radical (unpaired) electrons. The van der Waals surface area contributed by atoms with Crippen molar-refractivity contribution < 1.29 is 17.9 Å². The molecular weight excluding hydrogens is 256 g/mol. The molecule has 0 atom stereocenters. The van der Waals surface area contributed by atoms with Gasteiger partial charge in [0.25, 0.3) is 0 Å². The Morgan fingerprint density at radius 1 is 1.39 bits per heavy atom. The molecule has 18 heavy (non-hydrogen) atoms. The first kappa shape index (κ1) is 14.7. The summed E-state index contributed by atoms with van der Waals surface area (Å²) < 4.78 is 29.8. The highest BCUT2D eigenvalue weighted by Crippen LogP contribution is 2.26. The van der Waals surface area contributed by atoms with Gasteiger partial charge in [0.05, 0.1) is 6.61 Å². The number of carbonyl (C=O) groups excluding carboxylic acids is 1. The predicted molar refractivity (Wildman–Crippen MR) is 66.9 cm³/mol. The lowest BCUT2D eigenvalue weighted by molar-refractivity contribution is 0.0520. The Morgan fingerprint density at radius 3 is 2.33 bits per heavy atom. The van der Waals surface area contributed by atoms with E-state index < -0.39 is 16.0 Å². The zero-order chi connectivity index (χ0) is 14.1. The van der Waals surface area contributed by atoms with Crippen LogP contribution < -0.4 is 5.14 Å². The van der Waals surface area contributed by atoms with Crippen molar-refractivity contribution in [3.8, 4) is 0 Å². The molecular formula is C11H18N2O4S. The van der Waals surface area contributed by atoms with Crippen LogP contribution in [0.5, 0.6) is 0 Å². The van der Waals surface area contributed by atoms with Crippen LogP contribution in [0, 0.1) is 6.92 Å². The molecule has 102 valence electrons. The van der Waals surface area contributed by atoms with Crippen molar-refractivity contribution in [1.82, 2.24) is 4.57 Å². The number of nitrogens with two attached hydrogens (primary N) is 1. The molecule has 1 aromatic heterocycles. The van der Waals surface area contributed by atoms with Crippen LogP contribution in [0.25, 0.3) is 0 Å². The molecule has 0 aliphatic heterocycles. The molecule has 1 rings (SSSR count). The molecule has 0 saturated heterocycles. The second-order valence-corrected chi connectivity index (χ2v) is 5.41. The summed E-state index contributed by atoms with van der Waals surface area (Å²) >= 11 is 0. The van der Waals surface area contributed by atoms with Gasteiger partial charge >= 0.3 is 5.97 Å². The minimum Gasteiger partial charge on any atom is -0.462 e. The average molecular weight is 274 g/mol. The third kappa shape index (κ3) is 2.41. The van der Waals surface area contributed by atoms with Gasteiger partial charge in [-0.2, -0.15) is 0 Å². The summed E-state index contributed by atoms with van der Waals surface area (Å²) in [5.74, 6) is -0.651. The van der Waals surface area contributed by atoms with Crippen molar-refractivity contribution in [3.63, 3.8) is 0 Å². The zero-order valence-electron chi connectivity index (χ0n) is 11.0. The molecule has 0 fully saturated rings. The highest BCUT2D eigenvalue weighted by molar-refractivity contribution is 7.89. The summed E-state index contributed by atoms with van der Waals surface area (Å²) in [6, 6.07) is 0. The molecule has 2 N–H and O–H groups in total. The lowest BCUT2D eigenvalue weighted by atomic mass is 10.2. The number of esters is 1. The van der Waals surface area contributed by atoms with Gasteiger partial charge < -0.3 is 9.30 Å². The van der Waals surface area contributed by atoms with Gasteiger partial charge in [-0.1, -0.05) is 6.92 Å². The maximum atomic E-state index is 11.9. The van der Waals surface area contributed by atoms with E-state index in [9.17, 15) is 13.2 Å². The summed E-state index contributed by atoms with van der Waals surface area (Å²) in [7, 11) is -2.26. The highest BCUT2D eigenvalue weighted by Gasteiger charge is 2.30. The number of nitrogens with zero attached hydrogens (tertiary/aromatic N) is 1. The van der Waals surface area contributed by atoms with Crippen molar-refractivity contribution >= 4 is 16.0 Å². The predicted octanol–water partition coefficient (Wildman–Crippen LogP) is 0.720. The molecule has 0 saturated carbocycles. The molecule has 0 unspecified atom stereocenters. The first-order valence-electron chi connectivity index (χ1n) is 5.63. The van der Waals surface area contributed by atoms with Crippen molar-refractivity contribution in [2.45, 2.75) is 32.1 Å². The molecule has 6 nitrogen and oxygen atoms in total. The van der Waals surface area contributed by atoms with Gasteiger partial charge in [0, 0.05) is 18.4 Å². The largest absolute Gasteiger partial charge is 0.462 e. The van der Waals surface area contributed by atoms with Crippen LogP contribution in [-0.4, -0.2) is 25.6 Å². The summed E-state index contributed by atoms with van der Waals surface area (Å²) in [6.07, 6.45) is 0.515. The van der Waals surface area contributed by atoms with Gasteiger partial charge in [-0.3, -0.25) is 0 Å². The minimum atomic E-state index is -3.96. The number of hydrogen-bond donors (Lipinski definition) is 1. The van der Waals surface area contributed by atoms with Gasteiger partial charge in [-0.15, -0.1) is 0 Å². The zero-order valence-corrected chi connectivity index (χ0v) is 11.8. The standard InChI is InChI=1S/C11H18N2O4S/c1-5-8-9(11(14)17-6-2)10(18(12,15)16)7(3)13(8)4/h5-6H2,1-4H3,(H2,12,15,16). The molecule has 7 heteroatoms. The summed E-state index contributed by atoms with van der Waals surface area (Å²) in [4.78, 5) is 11.8. The second-order valence-electron chi connectivity index (χ2n) is 3.91. The Bertz CT molecular complexity index is 572. The molecule has 0 aliphatic rings. The Morgan fingerprint density at radius 2 is 1.94 bits per heavy atom. The third-order valence-corrected chi connectivity index (χ3v) is 3.92. The van der Waals surface area contributed by atoms with Gasteiger partial charge in [-0.05, 0) is 20.3 Å². The number of carbonyl (C=O) groups is 1. The fraction of sp³-hybridized carbons (Fsp3) is 0.545. The van der Waals surface area contributed by atoms with Crippen LogP contribution >= 0.6 is 0 Å². The van der Waals surface area contributed by atoms with Crippen molar-refractivity contribution in [2.24, 2.45) is 12.2 Å². The average Bonchev–Trinajstić information content (AvgIpc) is 2.51. The maximum Gasteiger partial charge on any atom is 0.341 e. The molecule has 0 aromatic carbocycles. The molecule has 0 bridgehead atoms. The number of hydrogen-bond acceptors (Lipinski definition) is 4. The van der Waals surface area contributed by atoms with Gasteiger partial charge in [0.15, 0.2) is 0 Å². The smallest absolute Gasteiger partial charge is 0.341 e. The number of aromatic nitrogens is 1. The number of sulfonamides is 1. The monoisotopic (exact) mass is 274 g/mol. The van der Waals surface area contributed by atoms with Gasteiger partial charge in [-0.25, -0.2) is 18.4 Å². The van der Waals surface area contributed by atoms with Gasteiger partial charge in [0.2, 0.25) is 10.0 Å². The number of rotatable bonds is 4. The summed E-state index contributed by atoms with van der Waals surface area (Å²) in [5.41, 5.74) is 1.11. The molecule has 0 spiro atoms. The van der Waals surface area contributed by atoms with E-state index in [-0.39, 0.29) is 17.1 Å². The first-order chi connectivity index (χ1) is 8.25. The lowest BCUT2D eigenvalue weighted by Gasteiger charge is -2.05. The molecule has 1 heterocycles. The Hall–Kier alpha value is -1.34. The topological polar surface area (TPSA) is 91.4 Å². The van der Waals surface area contributed by atoms with Gasteiger partial charge in [0.1, 0.15) is 10.5 Å². The number of primary sulfonamides is 1. The van der Waals surface area contributed by atoms with Crippen LogP contribution in [0.2, 0.25) is 0 Å². The third-order valence-electron chi connectivity index (χ3n) is 2.85. The summed E-state index contributed by atoms with van der Waals surface area (Å²) in [5, 5.41) is 5.18. The van der Waals surface area contributed by atoms with Crippen LogP contribution in [0.15, 0.2) is 4.90 Å². The van der Waals surface area contributed by atoms with E-state index in [1.807, 2.05) is 6.92 Å². The Labute approximate surface area is 107 Å². The van der Waals surface area contributed by atoms with E-state index in [0.29, 0.717) is 17.8 Å². The molecule has 0 amide bonds. The normalized spacial score (nSPS) is 11.6. The van der Waals surface area contributed by atoms with Crippen LogP contribution in [0.1, 0.15) is 35.6 Å². The SMILES string of the molecule is CCOC(=O)c1c(S(N)(=O)=O)c(C)n(C)c1CC. The van der Waals surface area contributed by atoms with Crippen LogP contribution in [0.3, 0.4) is 0 Å². The summed E-state index contributed by atoms with van der Waals surface area (Å²) in [6.45, 7) is 5.29. The first-order valence-corrected chi connectivity index (χ1v) is 7.18. The second kappa shape index (κ2) is 5.11. The quantitative estimate of drug-likeness (QED) is 0.819. The fourth-order valence-corrected chi connectivity index (χ4v) is 3.04. The van der Waals surface area contributed by atoms with Crippen molar-refractivity contribution in [3.05, 3.63) is 17.0 Å². The van der Waals surface area contributed by atoms with Crippen LogP contribution in [-0.2, 0) is 28.2 Å². The highest BCUT2D eigenvalue weighted by atomic mass is 32.2. The van der Waals surface area contributed by atoms with E-state index in [2.05, 4.69) is 0 Å². The maximum absolute atomic E-state index is 11.9. The Kier molecular flexibility index (Phi) is 4.18. The van der Waals surface area contributed by atoms with E-state index in [4.69, 9.17) is 9.88 Å². The van der Waals surface area contributed by atoms with Crippen molar-refractivity contribution in [2.75, 3.05) is 6.61 Å².